The fourth-order valence-corrected chi connectivity index (χ4v) is 3.03. The summed E-state index contributed by atoms with van der Waals surface area (Å²) in [6, 6.07) is 18.3. The molecule has 1 atom stereocenters. The highest BCUT2D eigenvalue weighted by molar-refractivity contribution is 5.32. The molecule has 2 N–H and O–H groups in total. The van der Waals surface area contributed by atoms with Crippen LogP contribution in [0.4, 0.5) is 0 Å². The van der Waals surface area contributed by atoms with Crippen LogP contribution in [0.3, 0.4) is 0 Å². The molecule has 2 aromatic rings. The minimum absolute atomic E-state index is 0.662. The second kappa shape index (κ2) is 7.43. The molecule has 0 saturated carbocycles. The molecule has 0 aromatic heterocycles. The van der Waals surface area contributed by atoms with Crippen LogP contribution < -0.4 is 10.5 Å². The number of rotatable bonds is 5. The number of likely N-dealkylation sites (tertiary alicyclic amines) is 1. The molecule has 0 spiro atoms. The number of benzene rings is 2. The summed E-state index contributed by atoms with van der Waals surface area (Å²) in [5.74, 6) is 2.42. The molecule has 3 heteroatoms. The lowest BCUT2D eigenvalue weighted by molar-refractivity contribution is 0.171. The lowest BCUT2D eigenvalue weighted by Crippen LogP contribution is -2.37. The Hall–Kier alpha value is -1.84. The van der Waals surface area contributed by atoms with E-state index in [0.717, 1.165) is 31.1 Å². The van der Waals surface area contributed by atoms with Crippen molar-refractivity contribution in [3.05, 3.63) is 60.2 Å². The molecule has 0 amide bonds. The Morgan fingerprint density at radius 2 is 1.73 bits per heavy atom. The van der Waals surface area contributed by atoms with Crippen molar-refractivity contribution in [2.24, 2.45) is 11.7 Å². The van der Waals surface area contributed by atoms with Crippen LogP contribution in [0, 0.1) is 5.92 Å². The van der Waals surface area contributed by atoms with E-state index in [-0.39, 0.29) is 0 Å². The molecule has 0 bridgehead atoms. The number of hydrogen-bond donors (Lipinski definition) is 1. The minimum atomic E-state index is 0.662. The van der Waals surface area contributed by atoms with Gasteiger partial charge in [-0.1, -0.05) is 30.3 Å². The molecule has 22 heavy (non-hydrogen) atoms. The highest BCUT2D eigenvalue weighted by Gasteiger charge is 2.18. The van der Waals surface area contributed by atoms with E-state index >= 15 is 0 Å². The second-order valence-electron chi connectivity index (χ2n) is 6.04. The summed E-state index contributed by atoms with van der Waals surface area (Å²) in [5.41, 5.74) is 7.14. The van der Waals surface area contributed by atoms with Gasteiger partial charge in [0.05, 0.1) is 0 Å². The molecule has 3 nitrogen and oxygen atoms in total. The van der Waals surface area contributed by atoms with Crippen molar-refractivity contribution in [3.63, 3.8) is 0 Å². The van der Waals surface area contributed by atoms with Crippen LogP contribution in [0.15, 0.2) is 54.6 Å². The predicted octanol–water partition coefficient (Wildman–Crippen LogP) is 3.65. The van der Waals surface area contributed by atoms with Crippen LogP contribution in [-0.4, -0.2) is 24.5 Å². The molecule has 0 aliphatic carbocycles. The van der Waals surface area contributed by atoms with E-state index in [2.05, 4.69) is 17.0 Å². The molecule has 116 valence electrons. The SMILES string of the molecule is NCC1CCCN(Cc2ccc(Oc3ccccc3)cc2)C1. The van der Waals surface area contributed by atoms with E-state index < -0.39 is 0 Å². The van der Waals surface area contributed by atoms with E-state index in [1.807, 2.05) is 42.5 Å². The fraction of sp³-hybridized carbons (Fsp3) is 0.368. The molecule has 1 heterocycles. The predicted molar refractivity (Wildman–Crippen MR) is 90.0 cm³/mol. The molecule has 0 radical (unpaired) electrons. The van der Waals surface area contributed by atoms with E-state index in [1.165, 1.54) is 24.9 Å². The van der Waals surface area contributed by atoms with Crippen molar-refractivity contribution < 1.29 is 4.74 Å². The Balaban J connectivity index is 1.57. The Morgan fingerprint density at radius 3 is 2.45 bits per heavy atom. The van der Waals surface area contributed by atoms with Gasteiger partial charge in [-0.15, -0.1) is 0 Å². The smallest absolute Gasteiger partial charge is 0.127 e. The first-order chi connectivity index (χ1) is 10.8. The molecule has 1 saturated heterocycles. The average molecular weight is 296 g/mol. The second-order valence-corrected chi connectivity index (χ2v) is 6.04. The van der Waals surface area contributed by atoms with Gasteiger partial charge in [-0.05, 0) is 61.7 Å². The van der Waals surface area contributed by atoms with Crippen molar-refractivity contribution >= 4 is 0 Å². The van der Waals surface area contributed by atoms with Crippen molar-refractivity contribution in [2.75, 3.05) is 19.6 Å². The van der Waals surface area contributed by atoms with Gasteiger partial charge in [-0.25, -0.2) is 0 Å². The maximum Gasteiger partial charge on any atom is 0.127 e. The summed E-state index contributed by atoms with van der Waals surface area (Å²) in [4.78, 5) is 2.51. The molecular formula is C19H24N2O. The summed E-state index contributed by atoms with van der Waals surface area (Å²) in [6.07, 6.45) is 2.54. The molecule has 1 fully saturated rings. The van der Waals surface area contributed by atoms with Gasteiger partial charge >= 0.3 is 0 Å². The zero-order valence-corrected chi connectivity index (χ0v) is 12.9. The van der Waals surface area contributed by atoms with Crippen molar-refractivity contribution in [1.29, 1.82) is 0 Å². The summed E-state index contributed by atoms with van der Waals surface area (Å²) in [7, 11) is 0. The van der Waals surface area contributed by atoms with Crippen molar-refractivity contribution in [3.8, 4) is 11.5 Å². The summed E-state index contributed by atoms with van der Waals surface area (Å²) >= 11 is 0. The monoisotopic (exact) mass is 296 g/mol. The summed E-state index contributed by atoms with van der Waals surface area (Å²) in [6.45, 7) is 4.11. The number of nitrogens with zero attached hydrogens (tertiary/aromatic N) is 1. The fourth-order valence-electron chi connectivity index (χ4n) is 3.03. The minimum Gasteiger partial charge on any atom is -0.457 e. The van der Waals surface area contributed by atoms with Crippen LogP contribution in [0.2, 0.25) is 0 Å². The Morgan fingerprint density at radius 1 is 1.00 bits per heavy atom. The number of piperidine rings is 1. The van der Waals surface area contributed by atoms with Gasteiger partial charge in [0.15, 0.2) is 0 Å². The summed E-state index contributed by atoms with van der Waals surface area (Å²) < 4.78 is 5.83. The topological polar surface area (TPSA) is 38.5 Å². The van der Waals surface area contributed by atoms with Crippen LogP contribution in [0.25, 0.3) is 0 Å². The van der Waals surface area contributed by atoms with Gasteiger partial charge < -0.3 is 10.5 Å². The Kier molecular flexibility index (Phi) is 5.09. The number of nitrogens with two attached hydrogens (primary N) is 1. The van der Waals surface area contributed by atoms with E-state index in [4.69, 9.17) is 10.5 Å². The summed E-state index contributed by atoms with van der Waals surface area (Å²) in [5, 5.41) is 0. The van der Waals surface area contributed by atoms with Gasteiger partial charge in [-0.2, -0.15) is 0 Å². The van der Waals surface area contributed by atoms with E-state index in [0.29, 0.717) is 5.92 Å². The molecular weight excluding hydrogens is 272 g/mol. The van der Waals surface area contributed by atoms with Crippen LogP contribution in [-0.2, 0) is 6.54 Å². The highest BCUT2D eigenvalue weighted by atomic mass is 16.5. The van der Waals surface area contributed by atoms with Gasteiger partial charge in [0.25, 0.3) is 0 Å². The Bertz CT molecular complexity index is 568. The van der Waals surface area contributed by atoms with Crippen LogP contribution in [0.5, 0.6) is 11.5 Å². The number of ether oxygens (including phenoxy) is 1. The van der Waals surface area contributed by atoms with Gasteiger partial charge in [0, 0.05) is 13.1 Å². The third kappa shape index (κ3) is 4.09. The maximum absolute atomic E-state index is 5.83. The van der Waals surface area contributed by atoms with E-state index in [1.54, 1.807) is 0 Å². The first-order valence-corrected chi connectivity index (χ1v) is 8.08. The Labute approximate surface area is 132 Å². The molecule has 1 aliphatic heterocycles. The van der Waals surface area contributed by atoms with Gasteiger partial charge in [0.2, 0.25) is 0 Å². The lowest BCUT2D eigenvalue weighted by Gasteiger charge is -2.32. The highest BCUT2D eigenvalue weighted by Crippen LogP contribution is 2.22. The van der Waals surface area contributed by atoms with Gasteiger partial charge in [0.1, 0.15) is 11.5 Å². The zero-order chi connectivity index (χ0) is 15.2. The quantitative estimate of drug-likeness (QED) is 0.915. The molecule has 3 rings (SSSR count). The van der Waals surface area contributed by atoms with Crippen LogP contribution in [0.1, 0.15) is 18.4 Å². The molecule has 1 aliphatic rings. The molecule has 1 unspecified atom stereocenters. The molecule has 2 aromatic carbocycles. The normalized spacial score (nSPS) is 19.0. The third-order valence-corrected chi connectivity index (χ3v) is 4.24. The lowest BCUT2D eigenvalue weighted by atomic mass is 9.98. The van der Waals surface area contributed by atoms with Gasteiger partial charge in [-0.3, -0.25) is 4.90 Å². The van der Waals surface area contributed by atoms with E-state index in [9.17, 15) is 0 Å². The van der Waals surface area contributed by atoms with Crippen LogP contribution >= 0.6 is 0 Å². The standard InChI is InChI=1S/C19H24N2O/c20-13-17-5-4-12-21(15-17)14-16-8-10-19(11-9-16)22-18-6-2-1-3-7-18/h1-3,6-11,17H,4-5,12-15,20H2. The first-order valence-electron chi connectivity index (χ1n) is 8.08. The first kappa shape index (κ1) is 15.1. The number of para-hydroxylation sites is 1. The number of hydrogen-bond acceptors (Lipinski definition) is 3. The van der Waals surface area contributed by atoms with Crippen molar-refractivity contribution in [1.82, 2.24) is 4.90 Å². The largest absolute Gasteiger partial charge is 0.457 e. The zero-order valence-electron chi connectivity index (χ0n) is 12.9. The van der Waals surface area contributed by atoms with Crippen molar-refractivity contribution in [2.45, 2.75) is 19.4 Å². The average Bonchev–Trinajstić information content (AvgIpc) is 2.58. The third-order valence-electron chi connectivity index (χ3n) is 4.24. The maximum atomic E-state index is 5.83.